The van der Waals surface area contributed by atoms with Crippen LogP contribution in [0, 0.1) is 6.92 Å². The molecule has 1 N–H and O–H groups in total. The van der Waals surface area contributed by atoms with E-state index < -0.39 is 0 Å². The monoisotopic (exact) mass is 299 g/mol. The van der Waals surface area contributed by atoms with Gasteiger partial charge in [-0.3, -0.25) is 4.68 Å². The third-order valence-corrected chi connectivity index (χ3v) is 3.66. The van der Waals surface area contributed by atoms with Gasteiger partial charge in [0, 0.05) is 24.8 Å². The first-order valence-electron chi connectivity index (χ1n) is 5.78. The van der Waals surface area contributed by atoms with Crippen molar-refractivity contribution in [1.29, 1.82) is 0 Å². The highest BCUT2D eigenvalue weighted by Crippen LogP contribution is 2.28. The van der Waals surface area contributed by atoms with Gasteiger partial charge in [0.1, 0.15) is 10.9 Å². The lowest BCUT2D eigenvalue weighted by atomic mass is 10.2. The van der Waals surface area contributed by atoms with Crippen molar-refractivity contribution in [2.24, 2.45) is 7.05 Å². The maximum atomic E-state index is 6.17. The second-order valence-corrected chi connectivity index (χ2v) is 4.95. The summed E-state index contributed by atoms with van der Waals surface area (Å²) in [5.41, 5.74) is 2.81. The SMILES string of the molecule is COc1ccc(NCc2c(C)nn(C)c2Cl)cc1Cl. The summed E-state index contributed by atoms with van der Waals surface area (Å²) in [5.74, 6) is 0.655. The number of aryl methyl sites for hydroxylation is 2. The van der Waals surface area contributed by atoms with Gasteiger partial charge < -0.3 is 10.1 Å². The number of halogens is 2. The third kappa shape index (κ3) is 2.96. The minimum absolute atomic E-state index is 0.571. The van der Waals surface area contributed by atoms with Gasteiger partial charge in [-0.05, 0) is 25.1 Å². The lowest BCUT2D eigenvalue weighted by molar-refractivity contribution is 0.415. The van der Waals surface area contributed by atoms with Gasteiger partial charge in [0.25, 0.3) is 0 Å². The molecule has 6 heteroatoms. The molecular weight excluding hydrogens is 285 g/mol. The molecule has 1 heterocycles. The van der Waals surface area contributed by atoms with Crippen LogP contribution in [0.3, 0.4) is 0 Å². The van der Waals surface area contributed by atoms with Gasteiger partial charge in [-0.2, -0.15) is 5.10 Å². The first-order chi connectivity index (χ1) is 9.02. The van der Waals surface area contributed by atoms with E-state index in [1.807, 2.05) is 32.2 Å². The number of ether oxygens (including phenoxy) is 1. The Balaban J connectivity index is 2.12. The summed E-state index contributed by atoms with van der Waals surface area (Å²) in [5, 5.41) is 8.75. The Morgan fingerprint density at radius 3 is 2.63 bits per heavy atom. The summed E-state index contributed by atoms with van der Waals surface area (Å²) in [4.78, 5) is 0. The fourth-order valence-electron chi connectivity index (χ4n) is 1.84. The van der Waals surface area contributed by atoms with Crippen LogP contribution in [0.5, 0.6) is 5.75 Å². The Hall–Kier alpha value is -1.39. The molecule has 0 aliphatic rings. The number of methoxy groups -OCH3 is 1. The summed E-state index contributed by atoms with van der Waals surface area (Å²) in [6.45, 7) is 2.53. The Morgan fingerprint density at radius 2 is 2.11 bits per heavy atom. The number of nitrogens with one attached hydrogen (secondary N) is 1. The molecule has 0 fully saturated rings. The zero-order valence-corrected chi connectivity index (χ0v) is 12.5. The predicted molar refractivity (Wildman–Crippen MR) is 78.3 cm³/mol. The zero-order valence-electron chi connectivity index (χ0n) is 11.0. The zero-order chi connectivity index (χ0) is 14.0. The van der Waals surface area contributed by atoms with Gasteiger partial charge in [-0.25, -0.2) is 0 Å². The predicted octanol–water partition coefficient (Wildman–Crippen LogP) is 3.66. The molecule has 0 atom stereocenters. The van der Waals surface area contributed by atoms with Gasteiger partial charge >= 0.3 is 0 Å². The smallest absolute Gasteiger partial charge is 0.137 e. The van der Waals surface area contributed by atoms with Crippen LogP contribution < -0.4 is 10.1 Å². The normalized spacial score (nSPS) is 10.6. The van der Waals surface area contributed by atoms with Crippen molar-refractivity contribution in [1.82, 2.24) is 9.78 Å². The molecule has 0 aliphatic heterocycles. The molecule has 0 spiro atoms. The highest BCUT2D eigenvalue weighted by Gasteiger charge is 2.11. The number of benzene rings is 1. The molecule has 19 heavy (non-hydrogen) atoms. The van der Waals surface area contributed by atoms with Crippen LogP contribution in [0.1, 0.15) is 11.3 Å². The molecule has 4 nitrogen and oxygen atoms in total. The van der Waals surface area contributed by atoms with E-state index in [0.717, 1.165) is 16.9 Å². The van der Waals surface area contributed by atoms with E-state index in [-0.39, 0.29) is 0 Å². The summed E-state index contributed by atoms with van der Waals surface area (Å²) >= 11 is 12.2. The molecule has 0 aliphatic carbocycles. The highest BCUT2D eigenvalue weighted by atomic mass is 35.5. The van der Waals surface area contributed by atoms with Crippen LogP contribution in [-0.2, 0) is 13.6 Å². The molecule has 0 radical (unpaired) electrons. The number of rotatable bonds is 4. The number of anilines is 1. The molecule has 0 bridgehead atoms. The fraction of sp³-hybridized carbons (Fsp3) is 0.308. The van der Waals surface area contributed by atoms with Crippen LogP contribution in [0.15, 0.2) is 18.2 Å². The van der Waals surface area contributed by atoms with Gasteiger partial charge in [-0.1, -0.05) is 23.2 Å². The quantitative estimate of drug-likeness (QED) is 0.936. The van der Waals surface area contributed by atoms with Crippen LogP contribution in [0.4, 0.5) is 5.69 Å². The third-order valence-electron chi connectivity index (χ3n) is 2.89. The summed E-state index contributed by atoms with van der Waals surface area (Å²) in [6.07, 6.45) is 0. The Morgan fingerprint density at radius 1 is 1.37 bits per heavy atom. The van der Waals surface area contributed by atoms with E-state index >= 15 is 0 Å². The second-order valence-electron chi connectivity index (χ2n) is 4.18. The van der Waals surface area contributed by atoms with Gasteiger partial charge in [0.15, 0.2) is 0 Å². The van der Waals surface area contributed by atoms with Crippen LogP contribution in [0.25, 0.3) is 0 Å². The summed E-state index contributed by atoms with van der Waals surface area (Å²) < 4.78 is 6.77. The topological polar surface area (TPSA) is 39.1 Å². The van der Waals surface area contributed by atoms with Crippen molar-refractivity contribution in [3.05, 3.63) is 39.6 Å². The molecular formula is C13H15Cl2N3O. The lowest BCUT2D eigenvalue weighted by Crippen LogP contribution is -2.01. The molecule has 2 rings (SSSR count). The molecule has 2 aromatic rings. The largest absolute Gasteiger partial charge is 0.495 e. The second kappa shape index (κ2) is 5.72. The van der Waals surface area contributed by atoms with Crippen molar-refractivity contribution in [3.63, 3.8) is 0 Å². The minimum Gasteiger partial charge on any atom is -0.495 e. The molecule has 0 saturated carbocycles. The molecule has 1 aromatic heterocycles. The van der Waals surface area contributed by atoms with Gasteiger partial charge in [-0.15, -0.1) is 0 Å². The van der Waals surface area contributed by atoms with Crippen molar-refractivity contribution < 1.29 is 4.74 Å². The number of hydrogen-bond donors (Lipinski definition) is 1. The fourth-order valence-corrected chi connectivity index (χ4v) is 2.34. The van der Waals surface area contributed by atoms with E-state index in [4.69, 9.17) is 27.9 Å². The molecule has 0 saturated heterocycles. The number of hydrogen-bond acceptors (Lipinski definition) is 3. The van der Waals surface area contributed by atoms with Crippen LogP contribution >= 0.6 is 23.2 Å². The van der Waals surface area contributed by atoms with Gasteiger partial charge in [0.05, 0.1) is 17.8 Å². The average molecular weight is 300 g/mol. The van der Waals surface area contributed by atoms with Crippen LogP contribution in [-0.4, -0.2) is 16.9 Å². The Labute approximate surface area is 122 Å². The van der Waals surface area contributed by atoms with Crippen molar-refractivity contribution in [2.75, 3.05) is 12.4 Å². The standard InChI is InChI=1S/C13H15Cl2N3O/c1-8-10(13(15)18(2)17-8)7-16-9-4-5-12(19-3)11(14)6-9/h4-6,16H,7H2,1-3H3. The van der Waals surface area contributed by atoms with E-state index in [0.29, 0.717) is 22.5 Å². The Bertz CT molecular complexity index is 596. The number of nitrogens with zero attached hydrogens (tertiary/aromatic N) is 2. The molecule has 0 unspecified atom stereocenters. The van der Waals surface area contributed by atoms with Crippen LogP contribution in [0.2, 0.25) is 10.2 Å². The summed E-state index contributed by atoms with van der Waals surface area (Å²) in [6, 6.07) is 5.55. The van der Waals surface area contributed by atoms with Gasteiger partial charge in [0.2, 0.25) is 0 Å². The van der Waals surface area contributed by atoms with E-state index in [1.165, 1.54) is 0 Å². The van der Waals surface area contributed by atoms with E-state index in [1.54, 1.807) is 11.8 Å². The van der Waals surface area contributed by atoms with E-state index in [9.17, 15) is 0 Å². The van der Waals surface area contributed by atoms with E-state index in [2.05, 4.69) is 10.4 Å². The Kier molecular flexibility index (Phi) is 4.22. The molecule has 0 amide bonds. The lowest BCUT2D eigenvalue weighted by Gasteiger charge is -2.09. The first kappa shape index (κ1) is 14.0. The van der Waals surface area contributed by atoms with Crippen molar-refractivity contribution in [3.8, 4) is 5.75 Å². The maximum Gasteiger partial charge on any atom is 0.137 e. The average Bonchev–Trinajstić information content (AvgIpc) is 2.61. The van der Waals surface area contributed by atoms with Crippen molar-refractivity contribution >= 4 is 28.9 Å². The van der Waals surface area contributed by atoms with Crippen molar-refractivity contribution in [2.45, 2.75) is 13.5 Å². The maximum absolute atomic E-state index is 6.17. The highest BCUT2D eigenvalue weighted by molar-refractivity contribution is 6.32. The summed E-state index contributed by atoms with van der Waals surface area (Å²) in [7, 11) is 3.41. The minimum atomic E-state index is 0.571. The molecule has 1 aromatic carbocycles. The molecule has 102 valence electrons. The first-order valence-corrected chi connectivity index (χ1v) is 6.54. The number of aromatic nitrogens is 2.